The summed E-state index contributed by atoms with van der Waals surface area (Å²) in [5, 5.41) is 11.5. The molecule has 0 aromatic carbocycles. The first-order valence-electron chi connectivity index (χ1n) is 3.57. The van der Waals surface area contributed by atoms with Gasteiger partial charge in [0.05, 0.1) is 0 Å². The second kappa shape index (κ2) is 4.56. The van der Waals surface area contributed by atoms with Crippen molar-refractivity contribution in [2.75, 3.05) is 0 Å². The molecule has 0 aliphatic heterocycles. The number of rotatable bonds is 3. The summed E-state index contributed by atoms with van der Waals surface area (Å²) in [6.45, 7) is 0. The van der Waals surface area contributed by atoms with Gasteiger partial charge in [-0.1, -0.05) is 12.1 Å². The van der Waals surface area contributed by atoms with Crippen LogP contribution in [0.1, 0.15) is 4.88 Å². The molecule has 0 unspecified atom stereocenters. The second-order valence-electron chi connectivity index (χ2n) is 2.24. The van der Waals surface area contributed by atoms with E-state index in [0.717, 1.165) is 6.42 Å². The minimum atomic E-state index is -0.0302. The molecule has 12 heavy (non-hydrogen) atoms. The maximum Gasteiger partial charge on any atom is 0.189 e. The topological polar surface area (TPSA) is 61.9 Å². The van der Waals surface area contributed by atoms with E-state index in [0.29, 0.717) is 0 Å². The van der Waals surface area contributed by atoms with Gasteiger partial charge >= 0.3 is 0 Å². The van der Waals surface area contributed by atoms with E-state index in [1.54, 1.807) is 17.5 Å². The molecule has 0 saturated carbocycles. The lowest BCUT2D eigenvalue weighted by molar-refractivity contribution is 1.17. The third kappa shape index (κ3) is 3.21. The Morgan fingerprint density at radius 1 is 1.75 bits per heavy atom. The summed E-state index contributed by atoms with van der Waals surface area (Å²) in [5.74, 6) is -0.0302. The fourth-order valence-corrected chi connectivity index (χ4v) is 1.43. The van der Waals surface area contributed by atoms with E-state index in [9.17, 15) is 0 Å². The van der Waals surface area contributed by atoms with Gasteiger partial charge in [0.2, 0.25) is 0 Å². The van der Waals surface area contributed by atoms with Crippen LogP contribution < -0.4 is 11.1 Å². The predicted octanol–water partition coefficient (Wildman–Crippen LogP) is 1.29. The number of thiophene rings is 1. The monoisotopic (exact) mass is 181 g/mol. The van der Waals surface area contributed by atoms with Crippen molar-refractivity contribution in [3.63, 3.8) is 0 Å². The molecule has 0 atom stereocenters. The molecular formula is C8H11N3S. The van der Waals surface area contributed by atoms with Crippen LogP contribution in [0.3, 0.4) is 0 Å². The molecule has 0 radical (unpaired) electrons. The lowest BCUT2D eigenvalue weighted by Crippen LogP contribution is -2.25. The van der Waals surface area contributed by atoms with E-state index in [1.165, 1.54) is 4.88 Å². The molecule has 4 N–H and O–H groups in total. The summed E-state index contributed by atoms with van der Waals surface area (Å²) >= 11 is 1.72. The predicted molar refractivity (Wildman–Crippen MR) is 52.2 cm³/mol. The first-order chi connectivity index (χ1) is 5.79. The van der Waals surface area contributed by atoms with Gasteiger partial charge in [-0.15, -0.1) is 11.3 Å². The summed E-state index contributed by atoms with van der Waals surface area (Å²) in [7, 11) is 0. The van der Waals surface area contributed by atoms with Crippen LogP contribution in [0.15, 0.2) is 29.8 Å². The summed E-state index contributed by atoms with van der Waals surface area (Å²) in [6.07, 6.45) is 4.51. The van der Waals surface area contributed by atoms with Crippen LogP contribution in [-0.4, -0.2) is 5.96 Å². The Bertz CT molecular complexity index is 264. The van der Waals surface area contributed by atoms with Crippen molar-refractivity contribution in [2.45, 2.75) is 6.42 Å². The first kappa shape index (κ1) is 8.80. The molecule has 0 bridgehead atoms. The van der Waals surface area contributed by atoms with Crippen LogP contribution in [0.25, 0.3) is 0 Å². The largest absolute Gasteiger partial charge is 0.370 e. The summed E-state index contributed by atoms with van der Waals surface area (Å²) in [4.78, 5) is 1.30. The Morgan fingerprint density at radius 3 is 3.17 bits per heavy atom. The highest BCUT2D eigenvalue weighted by Crippen LogP contribution is 2.08. The van der Waals surface area contributed by atoms with Crippen molar-refractivity contribution >= 4 is 17.3 Å². The molecule has 64 valence electrons. The average Bonchev–Trinajstić information content (AvgIpc) is 2.49. The number of nitrogens with two attached hydrogens (primary N) is 1. The second-order valence-corrected chi connectivity index (χ2v) is 3.28. The van der Waals surface area contributed by atoms with Gasteiger partial charge in [-0.05, 0) is 11.4 Å². The van der Waals surface area contributed by atoms with E-state index < -0.39 is 0 Å². The van der Waals surface area contributed by atoms with E-state index >= 15 is 0 Å². The highest BCUT2D eigenvalue weighted by Gasteiger charge is 1.87. The van der Waals surface area contributed by atoms with Crippen molar-refractivity contribution < 1.29 is 0 Å². The SMILES string of the molecule is N=C(N)NC=CCc1cccs1. The van der Waals surface area contributed by atoms with E-state index in [4.69, 9.17) is 11.1 Å². The third-order valence-electron chi connectivity index (χ3n) is 1.26. The molecule has 0 aliphatic carbocycles. The van der Waals surface area contributed by atoms with Crippen LogP contribution in [0.5, 0.6) is 0 Å². The highest BCUT2D eigenvalue weighted by molar-refractivity contribution is 7.09. The minimum Gasteiger partial charge on any atom is -0.370 e. The zero-order valence-electron chi connectivity index (χ0n) is 6.58. The summed E-state index contributed by atoms with van der Waals surface area (Å²) in [6, 6.07) is 4.09. The smallest absolute Gasteiger partial charge is 0.189 e. The molecular weight excluding hydrogens is 170 g/mol. The fourth-order valence-electron chi connectivity index (χ4n) is 0.753. The Morgan fingerprint density at radius 2 is 2.58 bits per heavy atom. The molecule has 0 aliphatic rings. The maximum atomic E-state index is 6.87. The van der Waals surface area contributed by atoms with Gasteiger partial charge in [0.25, 0.3) is 0 Å². The molecule has 0 fully saturated rings. The molecule has 0 saturated heterocycles. The number of allylic oxidation sites excluding steroid dienone is 1. The summed E-state index contributed by atoms with van der Waals surface area (Å²) < 4.78 is 0. The molecule has 1 rings (SSSR count). The Kier molecular flexibility index (Phi) is 3.35. The lowest BCUT2D eigenvalue weighted by atomic mass is 10.3. The standard InChI is InChI=1S/C8H11N3S/c9-8(10)11-5-1-3-7-4-2-6-12-7/h1-2,4-6H,3H2,(H4,9,10,11). The van der Waals surface area contributed by atoms with E-state index in [1.807, 2.05) is 17.5 Å². The molecule has 4 heteroatoms. The molecule has 1 aromatic rings. The average molecular weight is 181 g/mol. The number of nitrogens with one attached hydrogen (secondary N) is 2. The van der Waals surface area contributed by atoms with Gasteiger partial charge in [0.1, 0.15) is 0 Å². The van der Waals surface area contributed by atoms with Gasteiger partial charge in [0.15, 0.2) is 5.96 Å². The van der Waals surface area contributed by atoms with Crippen molar-refractivity contribution in [2.24, 2.45) is 5.73 Å². The van der Waals surface area contributed by atoms with Gasteiger partial charge in [-0.2, -0.15) is 0 Å². The van der Waals surface area contributed by atoms with Crippen LogP contribution in [-0.2, 0) is 6.42 Å². The quantitative estimate of drug-likeness (QED) is 0.486. The van der Waals surface area contributed by atoms with Crippen molar-refractivity contribution in [3.05, 3.63) is 34.7 Å². The Balaban J connectivity index is 2.26. The molecule has 0 spiro atoms. The lowest BCUT2D eigenvalue weighted by Gasteiger charge is -1.93. The van der Waals surface area contributed by atoms with Gasteiger partial charge in [-0.25, -0.2) is 0 Å². The van der Waals surface area contributed by atoms with Crippen LogP contribution >= 0.6 is 11.3 Å². The third-order valence-corrected chi connectivity index (χ3v) is 2.15. The summed E-state index contributed by atoms with van der Waals surface area (Å²) in [5.41, 5.74) is 5.08. The van der Waals surface area contributed by atoms with Gasteiger partial charge in [-0.3, -0.25) is 5.41 Å². The van der Waals surface area contributed by atoms with Crippen molar-refractivity contribution in [3.8, 4) is 0 Å². The highest BCUT2D eigenvalue weighted by atomic mass is 32.1. The van der Waals surface area contributed by atoms with Crippen molar-refractivity contribution in [1.82, 2.24) is 5.32 Å². The number of hydrogen-bond acceptors (Lipinski definition) is 2. The molecule has 1 aromatic heterocycles. The molecule has 1 heterocycles. The van der Waals surface area contributed by atoms with Crippen LogP contribution in [0.4, 0.5) is 0 Å². The zero-order chi connectivity index (χ0) is 8.81. The van der Waals surface area contributed by atoms with Crippen LogP contribution in [0.2, 0.25) is 0 Å². The van der Waals surface area contributed by atoms with Gasteiger partial charge in [0, 0.05) is 17.5 Å². The van der Waals surface area contributed by atoms with E-state index in [2.05, 4.69) is 11.4 Å². The molecule has 3 nitrogen and oxygen atoms in total. The Hall–Kier alpha value is -1.29. The molecule has 0 amide bonds. The van der Waals surface area contributed by atoms with Crippen LogP contribution in [0, 0.1) is 5.41 Å². The maximum absolute atomic E-state index is 6.87. The van der Waals surface area contributed by atoms with E-state index in [-0.39, 0.29) is 5.96 Å². The first-order valence-corrected chi connectivity index (χ1v) is 4.45. The normalized spacial score (nSPS) is 10.3. The Labute approximate surface area is 75.4 Å². The fraction of sp³-hybridized carbons (Fsp3) is 0.125. The number of hydrogen-bond donors (Lipinski definition) is 3. The zero-order valence-corrected chi connectivity index (χ0v) is 7.40. The van der Waals surface area contributed by atoms with Gasteiger partial charge < -0.3 is 11.1 Å². The number of guanidine groups is 1. The minimum absolute atomic E-state index is 0.0302. The van der Waals surface area contributed by atoms with Crippen molar-refractivity contribution in [1.29, 1.82) is 5.41 Å².